The molecule has 8 heteroatoms. The molecular formula is C12H14F2N2O4. The van der Waals surface area contributed by atoms with E-state index in [0.717, 1.165) is 0 Å². The molecule has 0 bridgehead atoms. The van der Waals surface area contributed by atoms with Crippen LogP contribution < -0.4 is 10.1 Å². The highest BCUT2D eigenvalue weighted by molar-refractivity contribution is 5.70. The fourth-order valence-electron chi connectivity index (χ4n) is 2.32. The molecule has 0 aliphatic heterocycles. The van der Waals surface area contributed by atoms with Crippen LogP contribution in [0.2, 0.25) is 0 Å². The van der Waals surface area contributed by atoms with E-state index in [9.17, 15) is 24.0 Å². The Morgan fingerprint density at radius 1 is 1.55 bits per heavy atom. The normalized spacial score (nSPS) is 25.1. The van der Waals surface area contributed by atoms with Crippen molar-refractivity contribution in [1.29, 1.82) is 0 Å². The van der Waals surface area contributed by atoms with Gasteiger partial charge in [0.2, 0.25) is 0 Å². The summed E-state index contributed by atoms with van der Waals surface area (Å²) in [4.78, 5) is 10.3. The third-order valence-corrected chi connectivity index (χ3v) is 3.14. The van der Waals surface area contributed by atoms with Crippen molar-refractivity contribution in [3.05, 3.63) is 28.3 Å². The van der Waals surface area contributed by atoms with Gasteiger partial charge in [-0.2, -0.15) is 8.78 Å². The number of alkyl halides is 2. The maximum absolute atomic E-state index is 12.3. The number of hydrogen-bond donors (Lipinski definition) is 2. The molecule has 0 saturated heterocycles. The molecule has 1 aliphatic rings. The zero-order chi connectivity index (χ0) is 14.9. The minimum Gasteiger partial charge on any atom is -0.432 e. The van der Waals surface area contributed by atoms with Crippen LogP contribution in [0.3, 0.4) is 0 Å². The zero-order valence-electron chi connectivity index (χ0n) is 10.7. The van der Waals surface area contributed by atoms with Crippen LogP contribution in [0.1, 0.15) is 19.8 Å². The molecule has 0 radical (unpaired) electrons. The molecule has 110 valence electrons. The van der Waals surface area contributed by atoms with Gasteiger partial charge in [-0.25, -0.2) is 0 Å². The topological polar surface area (TPSA) is 84.6 Å². The van der Waals surface area contributed by atoms with Crippen molar-refractivity contribution in [2.45, 2.75) is 38.0 Å². The molecule has 0 amide bonds. The van der Waals surface area contributed by atoms with Crippen LogP contribution in [0.25, 0.3) is 0 Å². The molecule has 0 atom stereocenters. The Labute approximate surface area is 113 Å². The Hall–Kier alpha value is -1.96. The molecule has 1 saturated carbocycles. The predicted molar refractivity (Wildman–Crippen MR) is 67.0 cm³/mol. The number of nitrogens with one attached hydrogen (secondary N) is 1. The Bertz CT molecular complexity index is 514. The lowest BCUT2D eigenvalue weighted by Crippen LogP contribution is -2.48. The third-order valence-electron chi connectivity index (χ3n) is 3.14. The van der Waals surface area contributed by atoms with E-state index >= 15 is 0 Å². The Kier molecular flexibility index (Phi) is 3.76. The number of hydrogen-bond acceptors (Lipinski definition) is 5. The number of ether oxygens (including phenoxy) is 1. The third kappa shape index (κ3) is 3.13. The molecule has 2 rings (SSSR count). The molecule has 1 aromatic carbocycles. The zero-order valence-corrected chi connectivity index (χ0v) is 10.7. The Morgan fingerprint density at radius 3 is 2.70 bits per heavy atom. The van der Waals surface area contributed by atoms with Crippen molar-refractivity contribution in [3.8, 4) is 5.75 Å². The van der Waals surface area contributed by atoms with Crippen molar-refractivity contribution in [2.75, 3.05) is 5.32 Å². The van der Waals surface area contributed by atoms with Crippen LogP contribution in [-0.4, -0.2) is 28.3 Å². The van der Waals surface area contributed by atoms with Crippen LogP contribution in [0.5, 0.6) is 5.75 Å². The number of benzene rings is 1. The van der Waals surface area contributed by atoms with E-state index in [1.807, 2.05) is 0 Å². The van der Waals surface area contributed by atoms with Gasteiger partial charge in [-0.15, -0.1) is 0 Å². The molecule has 1 aromatic rings. The number of anilines is 1. The van der Waals surface area contributed by atoms with E-state index in [-0.39, 0.29) is 23.2 Å². The van der Waals surface area contributed by atoms with E-state index in [1.165, 1.54) is 18.2 Å². The molecule has 0 spiro atoms. The van der Waals surface area contributed by atoms with Crippen LogP contribution >= 0.6 is 0 Å². The average molecular weight is 288 g/mol. The number of halogens is 2. The van der Waals surface area contributed by atoms with Crippen molar-refractivity contribution < 1.29 is 23.5 Å². The second-order valence-corrected chi connectivity index (χ2v) is 5.03. The van der Waals surface area contributed by atoms with Gasteiger partial charge in [0, 0.05) is 12.1 Å². The first-order valence-corrected chi connectivity index (χ1v) is 5.99. The van der Waals surface area contributed by atoms with Gasteiger partial charge in [-0.3, -0.25) is 10.1 Å². The van der Waals surface area contributed by atoms with Crippen LogP contribution in [0.15, 0.2) is 18.2 Å². The average Bonchev–Trinajstić information content (AvgIpc) is 2.27. The lowest BCUT2D eigenvalue weighted by molar-refractivity contribution is -0.384. The van der Waals surface area contributed by atoms with Gasteiger partial charge in [0.1, 0.15) is 0 Å². The number of para-hydroxylation sites is 1. The first kappa shape index (κ1) is 14.4. The van der Waals surface area contributed by atoms with E-state index in [4.69, 9.17) is 0 Å². The molecular weight excluding hydrogens is 274 g/mol. The molecule has 20 heavy (non-hydrogen) atoms. The van der Waals surface area contributed by atoms with Crippen molar-refractivity contribution >= 4 is 11.4 Å². The standard InChI is InChI=1S/C12H14F2N2O4/c1-12(17)5-7(6-12)15-10-8(16(18)19)3-2-4-9(10)20-11(13)14/h2-4,7,11,15,17H,5-6H2,1H3/t7-,12+. The van der Waals surface area contributed by atoms with Gasteiger partial charge < -0.3 is 15.2 Å². The van der Waals surface area contributed by atoms with E-state index in [1.54, 1.807) is 6.92 Å². The lowest BCUT2D eigenvalue weighted by Gasteiger charge is -2.41. The Balaban J connectivity index is 2.25. The van der Waals surface area contributed by atoms with E-state index in [2.05, 4.69) is 10.1 Å². The monoisotopic (exact) mass is 288 g/mol. The van der Waals surface area contributed by atoms with Crippen LogP contribution in [-0.2, 0) is 0 Å². The summed E-state index contributed by atoms with van der Waals surface area (Å²) in [5.41, 5.74) is -1.25. The summed E-state index contributed by atoms with van der Waals surface area (Å²) in [7, 11) is 0. The van der Waals surface area contributed by atoms with Gasteiger partial charge in [-0.1, -0.05) is 6.07 Å². The number of nitrogens with zero attached hydrogens (tertiary/aromatic N) is 1. The number of rotatable bonds is 5. The second kappa shape index (κ2) is 5.20. The summed E-state index contributed by atoms with van der Waals surface area (Å²) in [6.07, 6.45) is 0.764. The molecule has 1 fully saturated rings. The lowest BCUT2D eigenvalue weighted by atomic mass is 9.77. The summed E-state index contributed by atoms with van der Waals surface area (Å²) in [6, 6.07) is 3.50. The highest BCUT2D eigenvalue weighted by atomic mass is 19.3. The first-order chi connectivity index (χ1) is 9.28. The van der Waals surface area contributed by atoms with Crippen molar-refractivity contribution in [2.24, 2.45) is 0 Å². The summed E-state index contributed by atoms with van der Waals surface area (Å²) >= 11 is 0. The predicted octanol–water partition coefficient (Wildman–Crippen LogP) is 2.52. The van der Waals surface area contributed by atoms with E-state index < -0.39 is 17.1 Å². The maximum atomic E-state index is 12.3. The molecule has 1 aliphatic carbocycles. The minimum absolute atomic E-state index is 0.0849. The van der Waals surface area contributed by atoms with Gasteiger partial charge in [-0.05, 0) is 25.8 Å². The van der Waals surface area contributed by atoms with Gasteiger partial charge >= 0.3 is 6.61 Å². The minimum atomic E-state index is -3.07. The highest BCUT2D eigenvalue weighted by Gasteiger charge is 2.39. The van der Waals surface area contributed by atoms with Gasteiger partial charge in [0.15, 0.2) is 11.4 Å². The first-order valence-electron chi connectivity index (χ1n) is 5.99. The largest absolute Gasteiger partial charge is 0.432 e. The Morgan fingerprint density at radius 2 is 2.20 bits per heavy atom. The molecule has 0 heterocycles. The number of nitro groups is 1. The fraction of sp³-hybridized carbons (Fsp3) is 0.500. The van der Waals surface area contributed by atoms with Crippen LogP contribution in [0.4, 0.5) is 20.2 Å². The van der Waals surface area contributed by atoms with Gasteiger partial charge in [0.05, 0.1) is 10.5 Å². The molecule has 6 nitrogen and oxygen atoms in total. The second-order valence-electron chi connectivity index (χ2n) is 5.03. The number of aliphatic hydroxyl groups is 1. The summed E-state index contributed by atoms with van der Waals surface area (Å²) in [5.74, 6) is -0.277. The summed E-state index contributed by atoms with van der Waals surface area (Å²) in [5, 5.41) is 23.4. The smallest absolute Gasteiger partial charge is 0.387 e. The van der Waals surface area contributed by atoms with Crippen molar-refractivity contribution in [1.82, 2.24) is 0 Å². The summed E-state index contributed by atoms with van der Waals surface area (Å²) < 4.78 is 29.0. The molecule has 0 aromatic heterocycles. The van der Waals surface area contributed by atoms with Gasteiger partial charge in [0.25, 0.3) is 5.69 Å². The van der Waals surface area contributed by atoms with Crippen LogP contribution in [0, 0.1) is 10.1 Å². The van der Waals surface area contributed by atoms with Crippen molar-refractivity contribution in [3.63, 3.8) is 0 Å². The maximum Gasteiger partial charge on any atom is 0.387 e. The fourth-order valence-corrected chi connectivity index (χ4v) is 2.32. The molecule has 2 N–H and O–H groups in total. The molecule has 0 unspecified atom stereocenters. The van der Waals surface area contributed by atoms with E-state index in [0.29, 0.717) is 12.8 Å². The number of nitro benzene ring substituents is 1. The SMILES string of the molecule is C[C@]1(O)C[C@@H](Nc2c(OC(F)F)cccc2[N+](=O)[O-])C1. The highest BCUT2D eigenvalue weighted by Crippen LogP contribution is 2.40. The summed E-state index contributed by atoms with van der Waals surface area (Å²) in [6.45, 7) is -1.43. The quantitative estimate of drug-likeness (QED) is 0.642.